The third kappa shape index (κ3) is 3.95. The Hall–Kier alpha value is -3.65. The lowest BCUT2D eigenvalue weighted by molar-refractivity contribution is -0.130. The van der Waals surface area contributed by atoms with Crippen molar-refractivity contribution in [1.29, 1.82) is 0 Å². The molecule has 8 heteroatoms. The van der Waals surface area contributed by atoms with Gasteiger partial charge >= 0.3 is 0 Å². The molecule has 0 spiro atoms. The second-order valence-corrected chi connectivity index (χ2v) is 9.68. The minimum Gasteiger partial charge on any atom is -0.490 e. The van der Waals surface area contributed by atoms with Crippen molar-refractivity contribution in [3.05, 3.63) is 83.2 Å². The predicted molar refractivity (Wildman–Crippen MR) is 142 cm³/mol. The van der Waals surface area contributed by atoms with E-state index in [4.69, 9.17) is 21.7 Å². The van der Waals surface area contributed by atoms with E-state index in [9.17, 15) is 9.18 Å². The summed E-state index contributed by atoms with van der Waals surface area (Å²) in [7, 11) is 0. The molecule has 2 N–H and O–H groups in total. The molecule has 36 heavy (non-hydrogen) atoms. The molecule has 2 heterocycles. The molecule has 186 valence electrons. The SMILES string of the molecule is CCOc1cccc2c1O[C@@]1(C)[C@H](C(=O)Nc3ccc(C)cc3C)[C@H]2NC(=S)N1c1ccc(F)cc1. The van der Waals surface area contributed by atoms with E-state index >= 15 is 0 Å². The van der Waals surface area contributed by atoms with Gasteiger partial charge in [-0.25, -0.2) is 4.39 Å². The molecule has 2 aliphatic rings. The number of thiocarbonyl (C=S) groups is 1. The van der Waals surface area contributed by atoms with E-state index in [-0.39, 0.29) is 11.7 Å². The Balaban J connectivity index is 1.64. The zero-order valence-corrected chi connectivity index (χ0v) is 21.4. The Kier molecular flexibility index (Phi) is 6.08. The smallest absolute Gasteiger partial charge is 0.236 e. The molecule has 0 radical (unpaired) electrons. The number of ether oxygens (including phenoxy) is 2. The van der Waals surface area contributed by atoms with E-state index in [1.807, 2.05) is 64.1 Å². The number of carbonyl (C=O) groups is 1. The zero-order chi connectivity index (χ0) is 25.6. The molecule has 0 unspecified atom stereocenters. The van der Waals surface area contributed by atoms with Gasteiger partial charge in [-0.1, -0.05) is 29.8 Å². The third-order valence-electron chi connectivity index (χ3n) is 6.80. The summed E-state index contributed by atoms with van der Waals surface area (Å²) in [4.78, 5) is 15.7. The Labute approximate surface area is 215 Å². The Morgan fingerprint density at radius 2 is 1.94 bits per heavy atom. The van der Waals surface area contributed by atoms with Crippen LogP contribution in [0.25, 0.3) is 0 Å². The number of nitrogens with zero attached hydrogens (tertiary/aromatic N) is 1. The summed E-state index contributed by atoms with van der Waals surface area (Å²) in [5.41, 5.74) is 2.98. The number of carbonyl (C=O) groups excluding carboxylic acids is 1. The van der Waals surface area contributed by atoms with Gasteiger partial charge in [-0.3, -0.25) is 9.69 Å². The highest BCUT2D eigenvalue weighted by molar-refractivity contribution is 7.80. The molecule has 5 rings (SSSR count). The lowest BCUT2D eigenvalue weighted by Gasteiger charge is -2.56. The highest BCUT2D eigenvalue weighted by Gasteiger charge is 2.59. The minimum absolute atomic E-state index is 0.218. The van der Waals surface area contributed by atoms with Crippen molar-refractivity contribution in [3.63, 3.8) is 0 Å². The van der Waals surface area contributed by atoms with Crippen molar-refractivity contribution in [3.8, 4) is 11.5 Å². The highest BCUT2D eigenvalue weighted by Crippen LogP contribution is 2.52. The van der Waals surface area contributed by atoms with Crippen LogP contribution in [0.3, 0.4) is 0 Å². The summed E-state index contributed by atoms with van der Waals surface area (Å²) in [6, 6.07) is 17.0. The van der Waals surface area contributed by atoms with Gasteiger partial charge < -0.3 is 20.1 Å². The van der Waals surface area contributed by atoms with Crippen LogP contribution in [-0.2, 0) is 4.79 Å². The number of para-hydroxylation sites is 1. The summed E-state index contributed by atoms with van der Waals surface area (Å²) in [5, 5.41) is 6.86. The Morgan fingerprint density at radius 1 is 1.19 bits per heavy atom. The molecule has 3 aromatic rings. The number of amides is 1. The van der Waals surface area contributed by atoms with Crippen LogP contribution in [0.5, 0.6) is 11.5 Å². The number of aryl methyl sites for hydroxylation is 2. The first-order valence-corrected chi connectivity index (χ1v) is 12.3. The van der Waals surface area contributed by atoms with Crippen LogP contribution in [0, 0.1) is 25.6 Å². The number of fused-ring (bicyclic) bond motifs is 4. The van der Waals surface area contributed by atoms with Crippen molar-refractivity contribution in [2.45, 2.75) is 39.5 Å². The fourth-order valence-electron chi connectivity index (χ4n) is 5.18. The fraction of sp³-hybridized carbons (Fsp3) is 0.286. The number of hydrogen-bond donors (Lipinski definition) is 2. The van der Waals surface area contributed by atoms with E-state index in [1.54, 1.807) is 17.0 Å². The molecule has 3 atom stereocenters. The van der Waals surface area contributed by atoms with Gasteiger partial charge in [0.25, 0.3) is 0 Å². The van der Waals surface area contributed by atoms with E-state index in [0.29, 0.717) is 28.9 Å². The first-order chi connectivity index (χ1) is 17.2. The normalized spacial score (nSPS) is 22.2. The molecule has 1 saturated heterocycles. The monoisotopic (exact) mass is 505 g/mol. The van der Waals surface area contributed by atoms with Crippen LogP contribution >= 0.6 is 12.2 Å². The van der Waals surface area contributed by atoms with E-state index in [2.05, 4.69) is 10.6 Å². The van der Waals surface area contributed by atoms with Crippen LogP contribution < -0.4 is 25.0 Å². The number of anilines is 2. The maximum Gasteiger partial charge on any atom is 0.236 e. The molecule has 3 aromatic carbocycles. The average Bonchev–Trinajstić information content (AvgIpc) is 2.82. The quantitative estimate of drug-likeness (QED) is 0.438. The van der Waals surface area contributed by atoms with Crippen LogP contribution in [-0.4, -0.2) is 23.4 Å². The molecule has 6 nitrogen and oxygen atoms in total. The van der Waals surface area contributed by atoms with Gasteiger partial charge in [0.2, 0.25) is 5.91 Å². The van der Waals surface area contributed by atoms with Crippen LogP contribution in [0.1, 0.15) is 36.6 Å². The van der Waals surface area contributed by atoms with E-state index < -0.39 is 17.7 Å². The van der Waals surface area contributed by atoms with E-state index in [1.165, 1.54) is 12.1 Å². The summed E-state index contributed by atoms with van der Waals surface area (Å²) < 4.78 is 26.3. The summed E-state index contributed by atoms with van der Waals surface area (Å²) >= 11 is 5.76. The number of rotatable bonds is 5. The van der Waals surface area contributed by atoms with Gasteiger partial charge in [0.15, 0.2) is 22.3 Å². The van der Waals surface area contributed by atoms with Crippen LogP contribution in [0.2, 0.25) is 0 Å². The Morgan fingerprint density at radius 3 is 2.64 bits per heavy atom. The Bertz CT molecular complexity index is 1350. The largest absolute Gasteiger partial charge is 0.490 e. The number of halogens is 1. The number of nitrogens with one attached hydrogen (secondary N) is 2. The zero-order valence-electron chi connectivity index (χ0n) is 20.6. The third-order valence-corrected chi connectivity index (χ3v) is 7.10. The summed E-state index contributed by atoms with van der Waals surface area (Å²) in [6.45, 7) is 8.19. The lowest BCUT2D eigenvalue weighted by Crippen LogP contribution is -2.72. The van der Waals surface area contributed by atoms with Crippen LogP contribution in [0.15, 0.2) is 60.7 Å². The summed E-state index contributed by atoms with van der Waals surface area (Å²) in [6.07, 6.45) is 0. The maximum absolute atomic E-state index is 14.0. The van der Waals surface area contributed by atoms with Gasteiger partial charge in [0, 0.05) is 16.9 Å². The van der Waals surface area contributed by atoms with Gasteiger partial charge in [-0.2, -0.15) is 0 Å². The standard InChI is InChI=1S/C28H28FN3O3S/c1-5-34-22-8-6-7-20-24-23(26(33)30-21-14-9-16(2)15-17(21)3)28(4,35-25(20)22)32(27(36)31-24)19-12-10-18(29)11-13-19/h6-15,23-24H,5H2,1-4H3,(H,30,33)(H,31,36)/t23-,24-,28-/m0/s1. The molecule has 0 aliphatic carbocycles. The van der Waals surface area contributed by atoms with Gasteiger partial charge in [0.05, 0.1) is 12.6 Å². The number of hydrogen-bond acceptors (Lipinski definition) is 4. The second-order valence-electron chi connectivity index (χ2n) is 9.29. The van der Waals surface area contributed by atoms with Crippen molar-refractivity contribution in [2.24, 2.45) is 5.92 Å². The van der Waals surface area contributed by atoms with Crippen molar-refractivity contribution in [2.75, 3.05) is 16.8 Å². The van der Waals surface area contributed by atoms with Crippen molar-refractivity contribution < 1.29 is 18.7 Å². The highest BCUT2D eigenvalue weighted by atomic mass is 32.1. The lowest BCUT2D eigenvalue weighted by atomic mass is 9.78. The van der Waals surface area contributed by atoms with Gasteiger partial charge in [0.1, 0.15) is 11.7 Å². The maximum atomic E-state index is 14.0. The molecule has 2 bridgehead atoms. The fourth-order valence-corrected chi connectivity index (χ4v) is 5.60. The van der Waals surface area contributed by atoms with E-state index in [0.717, 1.165) is 22.4 Å². The molecule has 2 aliphatic heterocycles. The molecule has 1 amide bonds. The molecular weight excluding hydrogens is 477 g/mol. The van der Waals surface area contributed by atoms with Gasteiger partial charge in [-0.05, 0) is 81.9 Å². The second kappa shape index (κ2) is 9.09. The first kappa shape index (κ1) is 24.1. The minimum atomic E-state index is -1.23. The summed E-state index contributed by atoms with van der Waals surface area (Å²) in [5.74, 6) is -0.142. The van der Waals surface area contributed by atoms with Crippen molar-refractivity contribution >= 4 is 34.6 Å². The molecule has 0 saturated carbocycles. The number of benzene rings is 3. The average molecular weight is 506 g/mol. The molecular formula is C28H28FN3O3S. The predicted octanol–water partition coefficient (Wildman–Crippen LogP) is 5.64. The van der Waals surface area contributed by atoms with Gasteiger partial charge in [-0.15, -0.1) is 0 Å². The first-order valence-electron chi connectivity index (χ1n) is 11.9. The van der Waals surface area contributed by atoms with Crippen LogP contribution in [0.4, 0.5) is 15.8 Å². The molecule has 1 fully saturated rings. The topological polar surface area (TPSA) is 62.8 Å². The molecule has 0 aromatic heterocycles. The van der Waals surface area contributed by atoms with Crippen molar-refractivity contribution in [1.82, 2.24) is 5.32 Å².